The fraction of sp³-hybridized carbons (Fsp3) is 0.750. The van der Waals surface area contributed by atoms with E-state index in [1.807, 2.05) is 22.7 Å². The number of carbonyl (C=O) groups excluding carboxylic acids is 4. The molecule has 2 atom stereocenters. The Labute approximate surface area is 381 Å². The Morgan fingerprint density at radius 3 is 1.13 bits per heavy atom. The van der Waals surface area contributed by atoms with Crippen LogP contribution in [0.2, 0.25) is 26.6 Å². The van der Waals surface area contributed by atoms with Crippen molar-refractivity contribution >= 4 is 89.0 Å². The van der Waals surface area contributed by atoms with Crippen molar-refractivity contribution in [2.75, 3.05) is 0 Å². The van der Waals surface area contributed by atoms with E-state index in [-0.39, 0.29) is 74.7 Å². The maximum absolute atomic E-state index is 13.0. The van der Waals surface area contributed by atoms with Crippen LogP contribution in [0, 0.1) is 0 Å². The molecular weight excluding hydrogens is 1000 g/mol. The number of ether oxygens (including phenoxy) is 2. The molecule has 0 radical (unpaired) electrons. The number of unbranched alkanes of at least 4 members (excludes halogenated alkanes) is 6. The summed E-state index contributed by atoms with van der Waals surface area (Å²) in [5.74, 6) is -1.14. The van der Waals surface area contributed by atoms with Gasteiger partial charge in [-0.15, -0.1) is 0 Å². The third-order valence-electron chi connectivity index (χ3n) is 12.7. The second-order valence-electron chi connectivity index (χ2n) is 17.7. The van der Waals surface area contributed by atoms with Crippen LogP contribution in [0.1, 0.15) is 180 Å². The van der Waals surface area contributed by atoms with Crippen molar-refractivity contribution in [2.45, 2.75) is 222 Å². The molecule has 0 spiro atoms. The molecule has 0 aliphatic heterocycles. The number of esters is 2. The molecule has 3 rings (SSSR count). The van der Waals surface area contributed by atoms with Gasteiger partial charge in [0.25, 0.3) is 0 Å². The number of nitrogens with one attached hydrogen (secondary N) is 2. The monoisotopic (exact) mass is 1090 g/mol. The van der Waals surface area contributed by atoms with Gasteiger partial charge in [0.2, 0.25) is 0 Å². The van der Waals surface area contributed by atoms with Crippen molar-refractivity contribution in [3.8, 4) is 0 Å². The molecule has 340 valence electrons. The standard InChI is InChI=1S/C24H28N2O6S2.6C4H9.2Sn/c27-21(9-11-23(29)31-15-17-5-3-13-33-17)25-19-7-1-2-8-20(19)26-22(28)10-12-24(30)32-16-18-6-4-14-34-18;6*1-3-4-2;;/h3-6,19-20H,1-2,7-12,15-16H2,(H,25,27)(H,26,28);6*1,3-4H2,2H3;;. The third kappa shape index (κ3) is 18.5. The fourth-order valence-corrected chi connectivity index (χ4v) is 49.5. The first kappa shape index (κ1) is 53.2. The van der Waals surface area contributed by atoms with E-state index < -0.39 is 36.8 Å². The average molecular weight is 1080 g/mol. The Hall–Kier alpha value is -1.12. The van der Waals surface area contributed by atoms with Crippen molar-refractivity contribution in [3.63, 3.8) is 0 Å². The third-order valence-corrected chi connectivity index (χ3v) is 51.4. The van der Waals surface area contributed by atoms with Gasteiger partial charge >= 0.3 is 371 Å². The zero-order valence-electron chi connectivity index (χ0n) is 38.5. The van der Waals surface area contributed by atoms with Crippen molar-refractivity contribution in [1.29, 1.82) is 0 Å². The van der Waals surface area contributed by atoms with Gasteiger partial charge in [0, 0.05) is 0 Å². The Morgan fingerprint density at radius 1 is 0.517 bits per heavy atom. The van der Waals surface area contributed by atoms with Crippen molar-refractivity contribution in [2.24, 2.45) is 0 Å². The molecule has 0 aromatic carbocycles. The molecule has 2 aromatic heterocycles. The van der Waals surface area contributed by atoms with Crippen LogP contribution in [0.25, 0.3) is 0 Å². The Bertz CT molecular complexity index is 1390. The summed E-state index contributed by atoms with van der Waals surface area (Å²) in [6, 6.07) is 8.62. The normalized spacial score (nSPS) is 15.8. The van der Waals surface area contributed by atoms with Gasteiger partial charge in [-0.2, -0.15) is 0 Å². The number of thiophene rings is 2. The predicted molar refractivity (Wildman–Crippen MR) is 258 cm³/mol. The van der Waals surface area contributed by atoms with Crippen LogP contribution in [-0.4, -0.2) is 72.6 Å². The van der Waals surface area contributed by atoms with E-state index in [0.717, 1.165) is 35.4 Å². The first-order chi connectivity index (χ1) is 29.1. The van der Waals surface area contributed by atoms with Crippen LogP contribution in [0.3, 0.4) is 0 Å². The van der Waals surface area contributed by atoms with E-state index in [4.69, 9.17) is 9.47 Å². The van der Waals surface area contributed by atoms with Gasteiger partial charge in [-0.25, -0.2) is 0 Å². The summed E-state index contributed by atoms with van der Waals surface area (Å²) < 4.78 is 23.1. The van der Waals surface area contributed by atoms with Crippen LogP contribution < -0.4 is 16.4 Å². The zero-order valence-corrected chi connectivity index (χ0v) is 45.9. The van der Waals surface area contributed by atoms with E-state index in [9.17, 15) is 19.2 Å². The SMILES string of the molecule is CCC[CH2][Sn]([CH2]CCC)([CH2]CCC)[c]1ccc(COC(=O)CCC(=O)NC2CCCCC2NC(=O)CCC(=O)OCc2cc[c]([Sn]([CH2]CCC)([CH2]CCC)[CH2]CCC)s2)s1. The Balaban J connectivity index is 1.43. The Kier molecular flexibility index (Phi) is 26.7. The number of rotatable bonds is 32. The van der Waals surface area contributed by atoms with Gasteiger partial charge in [-0.05, 0) is 0 Å². The average Bonchev–Trinajstić information content (AvgIpc) is 3.95. The fourth-order valence-electron chi connectivity index (χ4n) is 8.97. The van der Waals surface area contributed by atoms with Crippen molar-refractivity contribution in [3.05, 3.63) is 34.0 Å². The molecule has 0 bridgehead atoms. The number of amides is 2. The molecule has 12 heteroatoms. The van der Waals surface area contributed by atoms with Crippen LogP contribution in [0.15, 0.2) is 24.3 Å². The summed E-state index contributed by atoms with van der Waals surface area (Å²) >= 11 is -1.28. The quantitative estimate of drug-likeness (QED) is 0.0558. The molecule has 2 amide bonds. The van der Waals surface area contributed by atoms with Crippen LogP contribution in [-0.2, 0) is 41.9 Å². The molecule has 1 saturated carbocycles. The second kappa shape index (κ2) is 30.1. The molecule has 2 heterocycles. The van der Waals surface area contributed by atoms with Gasteiger partial charge < -0.3 is 0 Å². The number of hydrogen-bond donors (Lipinski definition) is 2. The van der Waals surface area contributed by atoms with Crippen molar-refractivity contribution in [1.82, 2.24) is 10.6 Å². The molecule has 2 unspecified atom stereocenters. The summed E-state index contributed by atoms with van der Waals surface area (Å²) in [6.07, 6.45) is 18.9. The minimum atomic E-state index is -2.52. The first-order valence-electron chi connectivity index (χ1n) is 24.2. The van der Waals surface area contributed by atoms with Crippen LogP contribution in [0.4, 0.5) is 0 Å². The van der Waals surface area contributed by atoms with E-state index in [0.29, 0.717) is 0 Å². The summed E-state index contributed by atoms with van der Waals surface area (Å²) in [4.78, 5) is 53.8. The number of carbonyl (C=O) groups is 4. The number of hydrogen-bond acceptors (Lipinski definition) is 8. The predicted octanol–water partition coefficient (Wildman–Crippen LogP) is 11.8. The second-order valence-corrected chi connectivity index (χ2v) is 48.3. The topological polar surface area (TPSA) is 111 Å². The first-order valence-corrected chi connectivity index (χ1v) is 40.7. The molecule has 8 nitrogen and oxygen atoms in total. The van der Waals surface area contributed by atoms with Gasteiger partial charge in [0.15, 0.2) is 0 Å². The summed E-state index contributed by atoms with van der Waals surface area (Å²) in [7, 11) is 0. The molecule has 1 aliphatic carbocycles. The summed E-state index contributed by atoms with van der Waals surface area (Å²) in [5, 5.41) is 6.17. The molecule has 1 fully saturated rings. The van der Waals surface area contributed by atoms with Gasteiger partial charge in [0.1, 0.15) is 0 Å². The molecular formula is C48H82N2O6S2Sn2. The van der Waals surface area contributed by atoms with E-state index in [1.54, 1.807) is 5.79 Å². The molecule has 0 saturated heterocycles. The maximum atomic E-state index is 13.0. The van der Waals surface area contributed by atoms with E-state index in [1.165, 1.54) is 104 Å². The van der Waals surface area contributed by atoms with E-state index in [2.05, 4.69) is 76.4 Å². The minimum absolute atomic E-state index is 0.0236. The Morgan fingerprint density at radius 2 is 0.833 bits per heavy atom. The van der Waals surface area contributed by atoms with E-state index >= 15 is 0 Å². The van der Waals surface area contributed by atoms with Crippen molar-refractivity contribution < 1.29 is 28.7 Å². The summed E-state index contributed by atoms with van der Waals surface area (Å²) in [5.41, 5.74) is 0. The summed E-state index contributed by atoms with van der Waals surface area (Å²) in [6.45, 7) is 14.3. The molecule has 2 N–H and O–H groups in total. The zero-order chi connectivity index (χ0) is 43.6. The molecule has 60 heavy (non-hydrogen) atoms. The molecule has 1 aliphatic rings. The van der Waals surface area contributed by atoms with Crippen LogP contribution >= 0.6 is 22.7 Å². The van der Waals surface area contributed by atoms with Crippen LogP contribution in [0.5, 0.6) is 0 Å². The molecule has 2 aromatic rings. The van der Waals surface area contributed by atoms with Gasteiger partial charge in [0.05, 0.1) is 0 Å². The van der Waals surface area contributed by atoms with Gasteiger partial charge in [-0.3, -0.25) is 0 Å². The van der Waals surface area contributed by atoms with Gasteiger partial charge in [-0.1, -0.05) is 12.8 Å².